The summed E-state index contributed by atoms with van der Waals surface area (Å²) in [5, 5.41) is 0. The van der Waals surface area contributed by atoms with Gasteiger partial charge >= 0.3 is 12.1 Å². The fraction of sp³-hybridized carbons (Fsp3) is 0.412. The number of halogens is 3. The van der Waals surface area contributed by atoms with Gasteiger partial charge in [-0.3, -0.25) is 4.79 Å². The zero-order chi connectivity index (χ0) is 20.2. The van der Waals surface area contributed by atoms with Crippen LogP contribution in [-0.4, -0.2) is 56.4 Å². The highest BCUT2D eigenvalue weighted by atomic mass is 32.2. The maximum Gasteiger partial charge on any atom is 0.416 e. The van der Waals surface area contributed by atoms with Gasteiger partial charge in [0.1, 0.15) is 0 Å². The number of hydrogen-bond donors (Lipinski definition) is 0. The van der Waals surface area contributed by atoms with Crippen molar-refractivity contribution in [3.63, 3.8) is 0 Å². The molecule has 0 spiro atoms. The summed E-state index contributed by atoms with van der Waals surface area (Å²) in [7, 11) is -1.72. The molecule has 0 bridgehead atoms. The number of carbonyl (C=O) groups is 2. The summed E-state index contributed by atoms with van der Waals surface area (Å²) in [6, 6.07) is 3.93. The first-order valence-electron chi connectivity index (χ1n) is 7.96. The van der Waals surface area contributed by atoms with Crippen LogP contribution in [0.1, 0.15) is 17.5 Å². The fourth-order valence-electron chi connectivity index (χ4n) is 2.55. The molecule has 0 N–H and O–H groups in total. The summed E-state index contributed by atoms with van der Waals surface area (Å²) in [5.41, 5.74) is -0.692. The molecular formula is C17H18F3NO5S. The van der Waals surface area contributed by atoms with Crippen molar-refractivity contribution in [1.82, 2.24) is 4.90 Å². The molecule has 0 aromatic heterocycles. The average Bonchev–Trinajstić information content (AvgIpc) is 2.96. The van der Waals surface area contributed by atoms with E-state index in [1.807, 2.05) is 0 Å². The molecule has 2 rings (SSSR count). The third-order valence-electron chi connectivity index (χ3n) is 4.11. The molecule has 1 aliphatic rings. The molecule has 0 radical (unpaired) electrons. The molecule has 0 unspecified atom stereocenters. The normalized spacial score (nSPS) is 19.2. The minimum Gasteiger partial charge on any atom is -0.452 e. The molecule has 1 aliphatic heterocycles. The molecule has 1 heterocycles. The van der Waals surface area contributed by atoms with Crippen molar-refractivity contribution in [3.8, 4) is 0 Å². The zero-order valence-electron chi connectivity index (χ0n) is 14.4. The van der Waals surface area contributed by atoms with Crippen molar-refractivity contribution < 1.29 is 35.9 Å². The van der Waals surface area contributed by atoms with E-state index in [1.54, 1.807) is 0 Å². The van der Waals surface area contributed by atoms with Crippen molar-refractivity contribution in [3.05, 3.63) is 41.5 Å². The van der Waals surface area contributed by atoms with E-state index >= 15 is 0 Å². The lowest BCUT2D eigenvalue weighted by atomic mass is 10.1. The number of nitrogens with zero attached hydrogens (tertiary/aromatic N) is 1. The molecule has 6 nitrogen and oxygen atoms in total. The SMILES string of the molecule is CN(C(=O)COC(=O)/C=C/c1cccc(C(F)(F)F)c1)[C@@H]1CCS(=O)(=O)C1. The Balaban J connectivity index is 1.87. The van der Waals surface area contributed by atoms with E-state index in [0.29, 0.717) is 6.42 Å². The molecule has 0 aliphatic carbocycles. The van der Waals surface area contributed by atoms with E-state index in [-0.39, 0.29) is 17.1 Å². The Morgan fingerprint density at radius 2 is 2.04 bits per heavy atom. The quantitative estimate of drug-likeness (QED) is 0.552. The van der Waals surface area contributed by atoms with Gasteiger partial charge in [0.15, 0.2) is 16.4 Å². The molecular weight excluding hydrogens is 387 g/mol. The third-order valence-corrected chi connectivity index (χ3v) is 5.86. The lowest BCUT2D eigenvalue weighted by Gasteiger charge is -2.22. The molecule has 1 atom stereocenters. The molecule has 1 aromatic carbocycles. The number of rotatable bonds is 5. The van der Waals surface area contributed by atoms with Gasteiger partial charge in [-0.2, -0.15) is 13.2 Å². The van der Waals surface area contributed by atoms with Crippen LogP contribution in [0.2, 0.25) is 0 Å². The second-order valence-corrected chi connectivity index (χ2v) is 8.35. The molecule has 1 aromatic rings. The Hall–Kier alpha value is -2.36. The number of hydrogen-bond acceptors (Lipinski definition) is 5. The first-order chi connectivity index (χ1) is 12.5. The number of benzene rings is 1. The van der Waals surface area contributed by atoms with E-state index in [9.17, 15) is 31.2 Å². The van der Waals surface area contributed by atoms with Crippen molar-refractivity contribution in [2.45, 2.75) is 18.6 Å². The Morgan fingerprint density at radius 3 is 2.63 bits per heavy atom. The summed E-state index contributed by atoms with van der Waals surface area (Å²) < 4.78 is 65.5. The number of amides is 1. The maximum atomic E-state index is 12.6. The largest absolute Gasteiger partial charge is 0.452 e. The molecule has 0 saturated carbocycles. The van der Waals surface area contributed by atoms with E-state index in [1.165, 1.54) is 24.1 Å². The van der Waals surface area contributed by atoms with Gasteiger partial charge in [-0.15, -0.1) is 0 Å². The molecule has 10 heteroatoms. The van der Waals surface area contributed by atoms with Gasteiger partial charge in [0.25, 0.3) is 5.91 Å². The summed E-state index contributed by atoms with van der Waals surface area (Å²) in [6.45, 7) is -0.585. The van der Waals surface area contributed by atoms with Crippen LogP contribution in [-0.2, 0) is 30.3 Å². The summed E-state index contributed by atoms with van der Waals surface area (Å²) in [5.74, 6) is -1.57. The Labute approximate surface area is 154 Å². The Morgan fingerprint density at radius 1 is 1.33 bits per heavy atom. The first kappa shape index (κ1) is 20.9. The van der Waals surface area contributed by atoms with Crippen LogP contribution in [0.4, 0.5) is 13.2 Å². The summed E-state index contributed by atoms with van der Waals surface area (Å²) in [6.07, 6.45) is -2.10. The standard InChI is InChI=1S/C17H18F3NO5S/c1-21(14-7-8-27(24,25)11-14)15(22)10-26-16(23)6-5-12-3-2-4-13(9-12)17(18,19)20/h2-6,9,14H,7-8,10-11H2,1H3/b6-5+/t14-/m1/s1. The number of likely N-dealkylation sites (N-methyl/N-ethyl adjacent to an activating group) is 1. The van der Waals surface area contributed by atoms with Crippen LogP contribution in [0, 0.1) is 0 Å². The lowest BCUT2D eigenvalue weighted by Crippen LogP contribution is -2.40. The number of esters is 1. The lowest BCUT2D eigenvalue weighted by molar-refractivity contribution is -0.148. The molecule has 1 saturated heterocycles. The van der Waals surface area contributed by atoms with Gasteiger partial charge < -0.3 is 9.64 Å². The van der Waals surface area contributed by atoms with Crippen molar-refractivity contribution in [1.29, 1.82) is 0 Å². The monoisotopic (exact) mass is 405 g/mol. The van der Waals surface area contributed by atoms with Gasteiger partial charge in [0.05, 0.1) is 17.1 Å². The second kappa shape index (κ2) is 8.12. The molecule has 27 heavy (non-hydrogen) atoms. The topological polar surface area (TPSA) is 80.8 Å². The summed E-state index contributed by atoms with van der Waals surface area (Å²) in [4.78, 5) is 24.9. The van der Waals surface area contributed by atoms with Crippen LogP contribution in [0.15, 0.2) is 30.3 Å². The minimum atomic E-state index is -4.49. The molecule has 1 fully saturated rings. The Bertz CT molecular complexity index is 848. The van der Waals surface area contributed by atoms with Crippen LogP contribution >= 0.6 is 0 Å². The molecule has 148 valence electrons. The van der Waals surface area contributed by atoms with Crippen LogP contribution < -0.4 is 0 Å². The van der Waals surface area contributed by atoms with Gasteiger partial charge in [-0.25, -0.2) is 13.2 Å². The van der Waals surface area contributed by atoms with Crippen LogP contribution in [0.25, 0.3) is 6.08 Å². The average molecular weight is 405 g/mol. The van der Waals surface area contributed by atoms with Crippen molar-refractivity contribution >= 4 is 27.8 Å². The number of carbonyl (C=O) groups excluding carboxylic acids is 2. The van der Waals surface area contributed by atoms with Gasteiger partial charge in [0, 0.05) is 19.2 Å². The first-order valence-corrected chi connectivity index (χ1v) is 9.78. The van der Waals surface area contributed by atoms with Crippen LogP contribution in [0.5, 0.6) is 0 Å². The molecule has 1 amide bonds. The minimum absolute atomic E-state index is 0.00873. The highest BCUT2D eigenvalue weighted by molar-refractivity contribution is 7.91. The van der Waals surface area contributed by atoms with E-state index < -0.39 is 46.1 Å². The maximum absolute atomic E-state index is 12.6. The number of ether oxygens (including phenoxy) is 1. The highest BCUT2D eigenvalue weighted by Crippen LogP contribution is 2.29. The van der Waals surface area contributed by atoms with E-state index in [2.05, 4.69) is 0 Å². The number of alkyl halides is 3. The van der Waals surface area contributed by atoms with Gasteiger partial charge in [-0.1, -0.05) is 12.1 Å². The predicted octanol–water partition coefficient (Wildman–Crippen LogP) is 1.91. The highest BCUT2D eigenvalue weighted by Gasteiger charge is 2.33. The zero-order valence-corrected chi connectivity index (χ0v) is 15.2. The van der Waals surface area contributed by atoms with E-state index in [4.69, 9.17) is 4.74 Å². The number of sulfone groups is 1. The van der Waals surface area contributed by atoms with Crippen molar-refractivity contribution in [2.75, 3.05) is 25.2 Å². The van der Waals surface area contributed by atoms with Crippen LogP contribution in [0.3, 0.4) is 0 Å². The van der Waals surface area contributed by atoms with Crippen molar-refractivity contribution in [2.24, 2.45) is 0 Å². The third kappa shape index (κ3) is 6.09. The Kier molecular flexibility index (Phi) is 6.30. The van der Waals surface area contributed by atoms with Gasteiger partial charge in [-0.05, 0) is 30.2 Å². The smallest absolute Gasteiger partial charge is 0.416 e. The summed E-state index contributed by atoms with van der Waals surface area (Å²) >= 11 is 0. The van der Waals surface area contributed by atoms with Gasteiger partial charge in [0.2, 0.25) is 0 Å². The van der Waals surface area contributed by atoms with E-state index in [0.717, 1.165) is 24.3 Å². The second-order valence-electron chi connectivity index (χ2n) is 6.13. The predicted molar refractivity (Wildman–Crippen MR) is 91.3 cm³/mol. The fourth-order valence-corrected chi connectivity index (χ4v) is 4.32.